The van der Waals surface area contributed by atoms with Gasteiger partial charge in [0, 0.05) is 36.8 Å². The van der Waals surface area contributed by atoms with Gasteiger partial charge in [-0.15, -0.1) is 0 Å². The van der Waals surface area contributed by atoms with Crippen molar-refractivity contribution in [2.24, 2.45) is 5.92 Å². The average Bonchev–Trinajstić information content (AvgIpc) is 2.13. The number of hydrogen-bond donors (Lipinski definition) is 1. The number of nitrogens with zero attached hydrogens (tertiary/aromatic N) is 1. The van der Waals surface area contributed by atoms with Gasteiger partial charge in [0.2, 0.25) is 0 Å². The quantitative estimate of drug-likeness (QED) is 0.880. The minimum absolute atomic E-state index is 0.00908. The second-order valence-electron chi connectivity index (χ2n) is 5.28. The molecule has 2 nitrogen and oxygen atoms in total. The first kappa shape index (κ1) is 12.0. The number of rotatable bonds is 2. The highest BCUT2D eigenvalue weighted by atomic mass is 19.4. The van der Waals surface area contributed by atoms with E-state index in [1.54, 1.807) is 0 Å². The summed E-state index contributed by atoms with van der Waals surface area (Å²) < 4.78 is 37.2. The molecule has 1 saturated carbocycles. The predicted molar refractivity (Wildman–Crippen MR) is 61.4 cm³/mol. The van der Waals surface area contributed by atoms with Gasteiger partial charge in [0.15, 0.2) is 0 Å². The van der Waals surface area contributed by atoms with Crippen molar-refractivity contribution in [1.29, 1.82) is 0 Å². The van der Waals surface area contributed by atoms with Crippen molar-refractivity contribution in [1.82, 2.24) is 10.3 Å². The molecule has 0 aromatic carbocycles. The highest BCUT2D eigenvalue weighted by molar-refractivity contribution is 5.24. The lowest BCUT2D eigenvalue weighted by Crippen LogP contribution is -2.40. The van der Waals surface area contributed by atoms with E-state index in [-0.39, 0.29) is 18.8 Å². The summed E-state index contributed by atoms with van der Waals surface area (Å²) in [6.45, 7) is 1.95. The van der Waals surface area contributed by atoms with Crippen molar-refractivity contribution >= 4 is 0 Å². The summed E-state index contributed by atoms with van der Waals surface area (Å²) in [4.78, 5) is 4.32. The van der Waals surface area contributed by atoms with Crippen LogP contribution < -0.4 is 5.32 Å². The van der Waals surface area contributed by atoms with E-state index in [1.807, 2.05) is 18.3 Å². The molecule has 0 amide bonds. The first-order valence-electron chi connectivity index (χ1n) is 6.27. The Bertz CT molecular complexity index is 417. The van der Waals surface area contributed by atoms with E-state index in [1.165, 1.54) is 5.56 Å². The minimum Gasteiger partial charge on any atom is -0.315 e. The van der Waals surface area contributed by atoms with Crippen LogP contribution in [0.2, 0.25) is 0 Å². The van der Waals surface area contributed by atoms with Crippen LogP contribution in [0.25, 0.3) is 0 Å². The Labute approximate surface area is 104 Å². The minimum atomic E-state index is -4.03. The maximum Gasteiger partial charge on any atom is 0.391 e. The van der Waals surface area contributed by atoms with Crippen LogP contribution in [-0.2, 0) is 0 Å². The zero-order chi connectivity index (χ0) is 12.8. The first-order valence-corrected chi connectivity index (χ1v) is 6.27. The molecule has 98 valence electrons. The maximum absolute atomic E-state index is 12.4. The molecule has 2 aliphatic rings. The summed E-state index contributed by atoms with van der Waals surface area (Å²) >= 11 is 0. The summed E-state index contributed by atoms with van der Waals surface area (Å²) in [6, 6.07) is 3.90. The summed E-state index contributed by atoms with van der Waals surface area (Å²) in [7, 11) is 0. The standard InChI is InChI=1S/C13H15F3N2/c14-13(15,16)11-3-9(4-11)12-2-1-8(7-18-12)10-5-17-6-10/h1-2,7,9-11,17H,3-6H2. The fourth-order valence-corrected chi connectivity index (χ4v) is 2.55. The molecule has 0 spiro atoms. The zero-order valence-electron chi connectivity index (χ0n) is 9.87. The van der Waals surface area contributed by atoms with Gasteiger partial charge in [0.05, 0.1) is 5.92 Å². The molecule has 1 aliphatic carbocycles. The zero-order valence-corrected chi connectivity index (χ0v) is 9.87. The van der Waals surface area contributed by atoms with Crippen LogP contribution in [0.1, 0.15) is 35.9 Å². The van der Waals surface area contributed by atoms with Crippen LogP contribution in [-0.4, -0.2) is 24.2 Å². The molecule has 1 saturated heterocycles. The molecule has 0 bridgehead atoms. The van der Waals surface area contributed by atoms with E-state index in [4.69, 9.17) is 0 Å². The van der Waals surface area contributed by atoms with E-state index >= 15 is 0 Å². The molecule has 0 radical (unpaired) electrons. The van der Waals surface area contributed by atoms with Crippen molar-refractivity contribution in [2.75, 3.05) is 13.1 Å². The second-order valence-corrected chi connectivity index (χ2v) is 5.28. The third-order valence-corrected chi connectivity index (χ3v) is 4.08. The Kier molecular flexibility index (Phi) is 2.81. The SMILES string of the molecule is FC(F)(F)C1CC(c2ccc(C3CNC3)cn2)C1. The van der Waals surface area contributed by atoms with Gasteiger partial charge in [0.25, 0.3) is 0 Å². The molecular weight excluding hydrogens is 241 g/mol. The summed E-state index contributed by atoms with van der Waals surface area (Å²) in [5.74, 6) is -0.610. The Hall–Kier alpha value is -1.10. The fourth-order valence-electron chi connectivity index (χ4n) is 2.55. The van der Waals surface area contributed by atoms with Crippen molar-refractivity contribution in [3.63, 3.8) is 0 Å². The van der Waals surface area contributed by atoms with Gasteiger partial charge in [-0.25, -0.2) is 0 Å². The van der Waals surface area contributed by atoms with Crippen molar-refractivity contribution in [3.8, 4) is 0 Å². The highest BCUT2D eigenvalue weighted by Crippen LogP contribution is 2.48. The van der Waals surface area contributed by atoms with Crippen LogP contribution in [0.3, 0.4) is 0 Å². The number of hydrogen-bond acceptors (Lipinski definition) is 2. The van der Waals surface area contributed by atoms with Crippen LogP contribution in [0.15, 0.2) is 18.3 Å². The number of aromatic nitrogens is 1. The number of pyridine rings is 1. The number of alkyl halides is 3. The Balaban J connectivity index is 1.61. The average molecular weight is 256 g/mol. The Morgan fingerprint density at radius 3 is 2.28 bits per heavy atom. The van der Waals surface area contributed by atoms with E-state index in [2.05, 4.69) is 10.3 Å². The molecule has 1 aromatic heterocycles. The Morgan fingerprint density at radius 1 is 1.11 bits per heavy atom. The van der Waals surface area contributed by atoms with Crippen molar-refractivity contribution in [3.05, 3.63) is 29.6 Å². The van der Waals surface area contributed by atoms with Crippen molar-refractivity contribution < 1.29 is 13.2 Å². The van der Waals surface area contributed by atoms with E-state index in [9.17, 15) is 13.2 Å². The lowest BCUT2D eigenvalue weighted by molar-refractivity contribution is -0.197. The van der Waals surface area contributed by atoms with Crippen LogP contribution >= 0.6 is 0 Å². The number of halogens is 3. The first-order chi connectivity index (χ1) is 8.54. The molecule has 1 aliphatic heterocycles. The second kappa shape index (κ2) is 4.23. The van der Waals surface area contributed by atoms with E-state index in [0.29, 0.717) is 5.92 Å². The summed E-state index contributed by atoms with van der Waals surface area (Å²) in [5.41, 5.74) is 2.00. The lowest BCUT2D eigenvalue weighted by atomic mass is 9.72. The fraction of sp³-hybridized carbons (Fsp3) is 0.615. The molecular formula is C13H15F3N2. The van der Waals surface area contributed by atoms with Gasteiger partial charge >= 0.3 is 6.18 Å². The maximum atomic E-state index is 12.4. The Morgan fingerprint density at radius 2 is 1.83 bits per heavy atom. The third-order valence-electron chi connectivity index (χ3n) is 4.08. The summed E-state index contributed by atoms with van der Waals surface area (Å²) in [5, 5.41) is 3.19. The number of nitrogens with one attached hydrogen (secondary N) is 1. The van der Waals surface area contributed by atoms with Crippen LogP contribution in [0.5, 0.6) is 0 Å². The van der Waals surface area contributed by atoms with Gasteiger partial charge in [-0.2, -0.15) is 13.2 Å². The third kappa shape index (κ3) is 2.11. The monoisotopic (exact) mass is 256 g/mol. The normalized spacial score (nSPS) is 28.6. The predicted octanol–water partition coefficient (Wildman–Crippen LogP) is 2.82. The highest BCUT2D eigenvalue weighted by Gasteiger charge is 2.48. The molecule has 1 N–H and O–H groups in total. The smallest absolute Gasteiger partial charge is 0.315 e. The molecule has 1 aromatic rings. The molecule has 0 unspecified atom stereocenters. The van der Waals surface area contributed by atoms with Gasteiger partial charge < -0.3 is 5.32 Å². The van der Waals surface area contributed by atoms with Gasteiger partial charge in [-0.05, 0) is 24.5 Å². The van der Waals surface area contributed by atoms with Gasteiger partial charge in [-0.1, -0.05) is 6.07 Å². The molecule has 2 heterocycles. The van der Waals surface area contributed by atoms with Crippen molar-refractivity contribution in [2.45, 2.75) is 30.9 Å². The lowest BCUT2D eigenvalue weighted by Gasteiger charge is -2.36. The largest absolute Gasteiger partial charge is 0.391 e. The molecule has 18 heavy (non-hydrogen) atoms. The van der Waals surface area contributed by atoms with Crippen LogP contribution in [0, 0.1) is 5.92 Å². The topological polar surface area (TPSA) is 24.9 Å². The molecule has 3 rings (SSSR count). The van der Waals surface area contributed by atoms with E-state index in [0.717, 1.165) is 18.8 Å². The molecule has 2 fully saturated rings. The van der Waals surface area contributed by atoms with Gasteiger partial charge in [0.1, 0.15) is 0 Å². The van der Waals surface area contributed by atoms with Gasteiger partial charge in [-0.3, -0.25) is 4.98 Å². The molecule has 5 heteroatoms. The summed E-state index contributed by atoms with van der Waals surface area (Å²) in [6.07, 6.45) is -1.82. The molecule has 0 atom stereocenters. The van der Waals surface area contributed by atoms with Crippen LogP contribution in [0.4, 0.5) is 13.2 Å². The van der Waals surface area contributed by atoms with E-state index < -0.39 is 12.1 Å².